The molecule has 1 aliphatic carbocycles. The Balaban J connectivity index is 2.02. The van der Waals surface area contributed by atoms with Gasteiger partial charge in [0.2, 0.25) is 0 Å². The molecule has 3 nitrogen and oxygen atoms in total. The first-order valence-corrected chi connectivity index (χ1v) is 8.38. The molecule has 1 N–H and O–H groups in total. The van der Waals surface area contributed by atoms with Gasteiger partial charge < -0.3 is 5.32 Å². The fourth-order valence-electron chi connectivity index (χ4n) is 3.65. The Morgan fingerprint density at radius 2 is 2.15 bits per heavy atom. The fraction of sp³-hybridized carbons (Fsp3) is 0.824. The zero-order valence-electron chi connectivity index (χ0n) is 13.6. The molecular formula is C17H31N3. The van der Waals surface area contributed by atoms with Gasteiger partial charge in [0.1, 0.15) is 0 Å². The van der Waals surface area contributed by atoms with Gasteiger partial charge in [0, 0.05) is 18.8 Å². The number of aryl methyl sites for hydroxylation is 1. The molecule has 0 saturated heterocycles. The van der Waals surface area contributed by atoms with E-state index in [2.05, 4.69) is 50.5 Å². The zero-order chi connectivity index (χ0) is 14.5. The Bertz CT molecular complexity index is 397. The van der Waals surface area contributed by atoms with Crippen molar-refractivity contribution in [3.8, 4) is 0 Å². The third-order valence-corrected chi connectivity index (χ3v) is 4.94. The lowest BCUT2D eigenvalue weighted by Crippen LogP contribution is -2.42. The molecule has 1 fully saturated rings. The third kappa shape index (κ3) is 3.85. The topological polar surface area (TPSA) is 29.9 Å². The Morgan fingerprint density at radius 3 is 2.75 bits per heavy atom. The third-order valence-electron chi connectivity index (χ3n) is 4.94. The quantitative estimate of drug-likeness (QED) is 0.862. The summed E-state index contributed by atoms with van der Waals surface area (Å²) in [6.45, 7) is 11.2. The van der Waals surface area contributed by atoms with Crippen molar-refractivity contribution in [2.45, 2.75) is 66.0 Å². The standard InChI is InChI=1S/C17H31N3/c1-5-18-17-8-7-15(13(3)4)10-16(17)9-14-11-19-20(6-2)12-14/h11-13,15-18H,5-10H2,1-4H3. The van der Waals surface area contributed by atoms with Crippen LogP contribution in [-0.2, 0) is 13.0 Å². The monoisotopic (exact) mass is 277 g/mol. The Labute approximate surface area is 124 Å². The number of nitrogens with zero attached hydrogens (tertiary/aromatic N) is 2. The van der Waals surface area contributed by atoms with Crippen LogP contribution in [0, 0.1) is 17.8 Å². The van der Waals surface area contributed by atoms with Crippen LogP contribution >= 0.6 is 0 Å². The van der Waals surface area contributed by atoms with Crippen molar-refractivity contribution in [3.63, 3.8) is 0 Å². The van der Waals surface area contributed by atoms with Crippen LogP contribution in [0.2, 0.25) is 0 Å². The average molecular weight is 277 g/mol. The summed E-state index contributed by atoms with van der Waals surface area (Å²) in [4.78, 5) is 0. The summed E-state index contributed by atoms with van der Waals surface area (Å²) in [5, 5.41) is 8.13. The number of hydrogen-bond acceptors (Lipinski definition) is 2. The highest BCUT2D eigenvalue weighted by atomic mass is 15.3. The molecule has 1 heterocycles. The predicted molar refractivity (Wildman–Crippen MR) is 84.7 cm³/mol. The summed E-state index contributed by atoms with van der Waals surface area (Å²) in [7, 11) is 0. The summed E-state index contributed by atoms with van der Waals surface area (Å²) in [6.07, 6.45) is 9.56. The molecule has 0 radical (unpaired) electrons. The van der Waals surface area contributed by atoms with Gasteiger partial charge in [-0.3, -0.25) is 4.68 Å². The van der Waals surface area contributed by atoms with Gasteiger partial charge in [0.05, 0.1) is 6.20 Å². The Kier molecular flexibility index (Phi) is 5.64. The molecule has 1 aliphatic rings. The lowest BCUT2D eigenvalue weighted by atomic mass is 9.72. The molecule has 1 aromatic rings. The lowest BCUT2D eigenvalue weighted by molar-refractivity contribution is 0.169. The van der Waals surface area contributed by atoms with Crippen molar-refractivity contribution in [1.82, 2.24) is 15.1 Å². The minimum atomic E-state index is 0.694. The SMILES string of the molecule is CCNC1CCC(C(C)C)CC1Cc1cnn(CC)c1. The first-order chi connectivity index (χ1) is 9.63. The van der Waals surface area contributed by atoms with E-state index in [1.165, 1.54) is 31.2 Å². The largest absolute Gasteiger partial charge is 0.314 e. The van der Waals surface area contributed by atoms with Crippen LogP contribution in [0.1, 0.15) is 52.5 Å². The van der Waals surface area contributed by atoms with E-state index in [0.717, 1.165) is 30.8 Å². The van der Waals surface area contributed by atoms with Crippen LogP contribution in [0.25, 0.3) is 0 Å². The number of hydrogen-bond donors (Lipinski definition) is 1. The summed E-state index contributed by atoms with van der Waals surface area (Å²) in [5.41, 5.74) is 1.41. The van der Waals surface area contributed by atoms with Crippen LogP contribution < -0.4 is 5.32 Å². The van der Waals surface area contributed by atoms with Gasteiger partial charge in [-0.2, -0.15) is 5.10 Å². The molecule has 0 amide bonds. The highest BCUT2D eigenvalue weighted by molar-refractivity contribution is 5.07. The second kappa shape index (κ2) is 7.26. The molecule has 20 heavy (non-hydrogen) atoms. The minimum Gasteiger partial charge on any atom is -0.314 e. The first kappa shape index (κ1) is 15.6. The molecule has 3 heteroatoms. The van der Waals surface area contributed by atoms with Crippen molar-refractivity contribution in [3.05, 3.63) is 18.0 Å². The Hall–Kier alpha value is -0.830. The van der Waals surface area contributed by atoms with E-state index < -0.39 is 0 Å². The van der Waals surface area contributed by atoms with E-state index in [0.29, 0.717) is 6.04 Å². The molecule has 3 atom stereocenters. The molecule has 0 aliphatic heterocycles. The molecule has 114 valence electrons. The molecule has 0 aromatic carbocycles. The van der Waals surface area contributed by atoms with Crippen molar-refractivity contribution in [2.75, 3.05) is 6.54 Å². The van der Waals surface area contributed by atoms with E-state index in [-0.39, 0.29) is 0 Å². The predicted octanol–water partition coefficient (Wildman–Crippen LogP) is 3.50. The van der Waals surface area contributed by atoms with Crippen LogP contribution in [0.4, 0.5) is 0 Å². The molecule has 0 bridgehead atoms. The van der Waals surface area contributed by atoms with E-state index in [1.54, 1.807) is 0 Å². The minimum absolute atomic E-state index is 0.694. The summed E-state index contributed by atoms with van der Waals surface area (Å²) >= 11 is 0. The van der Waals surface area contributed by atoms with E-state index in [1.807, 2.05) is 4.68 Å². The maximum atomic E-state index is 4.42. The summed E-state index contributed by atoms with van der Waals surface area (Å²) in [6, 6.07) is 0.694. The zero-order valence-corrected chi connectivity index (χ0v) is 13.6. The smallest absolute Gasteiger partial charge is 0.0521 e. The van der Waals surface area contributed by atoms with E-state index in [9.17, 15) is 0 Å². The molecule has 2 rings (SSSR count). The second-order valence-electron chi connectivity index (χ2n) is 6.65. The second-order valence-corrected chi connectivity index (χ2v) is 6.65. The highest BCUT2D eigenvalue weighted by Gasteiger charge is 2.31. The van der Waals surface area contributed by atoms with Gasteiger partial charge in [-0.1, -0.05) is 20.8 Å². The molecule has 1 saturated carbocycles. The van der Waals surface area contributed by atoms with Gasteiger partial charge in [-0.15, -0.1) is 0 Å². The Morgan fingerprint density at radius 1 is 1.35 bits per heavy atom. The molecular weight excluding hydrogens is 246 g/mol. The first-order valence-electron chi connectivity index (χ1n) is 8.38. The summed E-state index contributed by atoms with van der Waals surface area (Å²) in [5.74, 6) is 2.49. The van der Waals surface area contributed by atoms with Crippen molar-refractivity contribution < 1.29 is 0 Å². The average Bonchev–Trinajstić information content (AvgIpc) is 2.88. The fourth-order valence-corrected chi connectivity index (χ4v) is 3.65. The lowest BCUT2D eigenvalue weighted by Gasteiger charge is -2.38. The summed E-state index contributed by atoms with van der Waals surface area (Å²) < 4.78 is 2.04. The number of nitrogens with one attached hydrogen (secondary N) is 1. The van der Waals surface area contributed by atoms with Crippen LogP contribution in [0.15, 0.2) is 12.4 Å². The molecule has 0 spiro atoms. The normalized spacial score (nSPS) is 27.1. The van der Waals surface area contributed by atoms with Crippen molar-refractivity contribution in [2.24, 2.45) is 17.8 Å². The van der Waals surface area contributed by atoms with Crippen LogP contribution in [-0.4, -0.2) is 22.4 Å². The van der Waals surface area contributed by atoms with Crippen LogP contribution in [0.3, 0.4) is 0 Å². The van der Waals surface area contributed by atoms with E-state index in [4.69, 9.17) is 0 Å². The van der Waals surface area contributed by atoms with E-state index >= 15 is 0 Å². The van der Waals surface area contributed by atoms with Gasteiger partial charge in [-0.25, -0.2) is 0 Å². The highest BCUT2D eigenvalue weighted by Crippen LogP contribution is 2.35. The maximum Gasteiger partial charge on any atom is 0.0521 e. The van der Waals surface area contributed by atoms with Gasteiger partial charge >= 0.3 is 0 Å². The van der Waals surface area contributed by atoms with Gasteiger partial charge in [0.25, 0.3) is 0 Å². The van der Waals surface area contributed by atoms with Gasteiger partial charge in [0.15, 0.2) is 0 Å². The van der Waals surface area contributed by atoms with Gasteiger partial charge in [-0.05, 0) is 62.5 Å². The molecule has 3 unspecified atom stereocenters. The number of rotatable bonds is 6. The van der Waals surface area contributed by atoms with Crippen molar-refractivity contribution in [1.29, 1.82) is 0 Å². The maximum absolute atomic E-state index is 4.42. The van der Waals surface area contributed by atoms with Crippen molar-refractivity contribution >= 4 is 0 Å². The molecule has 1 aromatic heterocycles. The number of aromatic nitrogens is 2. The van der Waals surface area contributed by atoms with Crippen LogP contribution in [0.5, 0.6) is 0 Å².